The van der Waals surface area contributed by atoms with Crippen LogP contribution in [0.5, 0.6) is 0 Å². The molecule has 0 fully saturated rings. The lowest BCUT2D eigenvalue weighted by Crippen LogP contribution is -2.22. The number of hydrogen-bond donors (Lipinski definition) is 1. The molecule has 0 spiro atoms. The summed E-state index contributed by atoms with van der Waals surface area (Å²) in [6.45, 7) is 1.77. The third-order valence-corrected chi connectivity index (χ3v) is 4.66. The largest absolute Gasteiger partial charge is 0.324 e. The molecule has 3 aromatic rings. The van der Waals surface area contributed by atoms with Crippen LogP contribution in [-0.4, -0.2) is 30.9 Å². The molecule has 0 aliphatic rings. The molecule has 6 nitrogen and oxygen atoms in total. The van der Waals surface area contributed by atoms with E-state index in [1.807, 2.05) is 0 Å². The maximum atomic E-state index is 13.9. The van der Waals surface area contributed by atoms with Crippen molar-refractivity contribution < 1.29 is 9.18 Å². The Bertz CT molecular complexity index is 884. The average molecular weight is 357 g/mol. The number of benzene rings is 1. The first kappa shape index (κ1) is 17.1. The molecule has 2 heterocycles. The smallest absolute Gasteiger partial charge is 0.237 e. The van der Waals surface area contributed by atoms with Crippen LogP contribution in [-0.2, 0) is 11.8 Å². The normalized spacial score (nSPS) is 12.0. The van der Waals surface area contributed by atoms with E-state index < -0.39 is 5.25 Å². The summed E-state index contributed by atoms with van der Waals surface area (Å²) in [5, 5.41) is 11.1. The van der Waals surface area contributed by atoms with Gasteiger partial charge in [0.05, 0.1) is 22.7 Å². The van der Waals surface area contributed by atoms with E-state index in [2.05, 4.69) is 20.5 Å². The molecule has 2 aromatic heterocycles. The fourth-order valence-electron chi connectivity index (χ4n) is 2.19. The van der Waals surface area contributed by atoms with E-state index in [4.69, 9.17) is 0 Å². The second-order valence-electron chi connectivity index (χ2n) is 5.34. The Morgan fingerprint density at radius 2 is 2.04 bits per heavy atom. The molecule has 1 N–H and O–H groups in total. The van der Waals surface area contributed by atoms with E-state index in [9.17, 15) is 9.18 Å². The highest BCUT2D eigenvalue weighted by atomic mass is 32.2. The first-order chi connectivity index (χ1) is 12.1. The van der Waals surface area contributed by atoms with E-state index in [1.54, 1.807) is 61.3 Å². The lowest BCUT2D eigenvalue weighted by molar-refractivity contribution is -0.115. The van der Waals surface area contributed by atoms with Gasteiger partial charge in [-0.15, -0.1) is 10.2 Å². The number of aromatic nitrogens is 4. The van der Waals surface area contributed by atoms with Crippen LogP contribution in [0.15, 0.2) is 53.9 Å². The highest BCUT2D eigenvalue weighted by Crippen LogP contribution is 2.27. The zero-order valence-corrected chi connectivity index (χ0v) is 14.5. The highest BCUT2D eigenvalue weighted by molar-refractivity contribution is 8.00. The molecule has 0 aliphatic heterocycles. The molecule has 0 bridgehead atoms. The average Bonchev–Trinajstić information content (AvgIpc) is 2.97. The molecule has 0 saturated carbocycles. The minimum absolute atomic E-state index is 0.173. The third-order valence-electron chi connectivity index (χ3n) is 3.53. The van der Waals surface area contributed by atoms with Crippen LogP contribution < -0.4 is 5.32 Å². The summed E-state index contributed by atoms with van der Waals surface area (Å²) in [4.78, 5) is 16.2. The summed E-state index contributed by atoms with van der Waals surface area (Å²) >= 11 is 1.25. The summed E-state index contributed by atoms with van der Waals surface area (Å²) in [5.41, 5.74) is 1.00. The van der Waals surface area contributed by atoms with Crippen molar-refractivity contribution in [3.05, 3.63) is 54.6 Å². The Morgan fingerprint density at radius 3 is 2.76 bits per heavy atom. The van der Waals surface area contributed by atoms with Crippen molar-refractivity contribution >= 4 is 23.4 Å². The first-order valence-corrected chi connectivity index (χ1v) is 8.46. The molecule has 3 rings (SSSR count). The molecule has 25 heavy (non-hydrogen) atoms. The number of anilines is 1. The number of rotatable bonds is 5. The molecule has 0 radical (unpaired) electrons. The molecule has 0 aliphatic carbocycles. The van der Waals surface area contributed by atoms with Crippen LogP contribution in [0.25, 0.3) is 11.4 Å². The van der Waals surface area contributed by atoms with Gasteiger partial charge in [-0.3, -0.25) is 9.78 Å². The number of carbonyl (C=O) groups excluding carboxylic acids is 1. The number of thioether (sulfide) groups is 1. The zero-order chi connectivity index (χ0) is 17.8. The Morgan fingerprint density at radius 1 is 1.24 bits per heavy atom. The molecular formula is C17H16FN5OS. The number of carbonyl (C=O) groups is 1. The van der Waals surface area contributed by atoms with E-state index in [0.29, 0.717) is 22.2 Å². The third kappa shape index (κ3) is 3.85. The molecule has 1 unspecified atom stereocenters. The number of amides is 1. The number of hydrogen-bond acceptors (Lipinski definition) is 5. The van der Waals surface area contributed by atoms with Crippen LogP contribution >= 0.6 is 11.8 Å². The van der Waals surface area contributed by atoms with Crippen molar-refractivity contribution in [2.75, 3.05) is 5.32 Å². The quantitative estimate of drug-likeness (QED) is 0.710. The van der Waals surface area contributed by atoms with Gasteiger partial charge in [-0.2, -0.15) is 0 Å². The highest BCUT2D eigenvalue weighted by Gasteiger charge is 2.20. The zero-order valence-electron chi connectivity index (χ0n) is 13.7. The van der Waals surface area contributed by atoms with Crippen LogP contribution in [0.1, 0.15) is 6.92 Å². The van der Waals surface area contributed by atoms with Crippen molar-refractivity contribution in [1.82, 2.24) is 19.7 Å². The predicted molar refractivity (Wildman–Crippen MR) is 94.6 cm³/mol. The Kier molecular flexibility index (Phi) is 5.08. The summed E-state index contributed by atoms with van der Waals surface area (Å²) in [6, 6.07) is 9.89. The van der Waals surface area contributed by atoms with Gasteiger partial charge >= 0.3 is 0 Å². The van der Waals surface area contributed by atoms with Gasteiger partial charge in [-0.1, -0.05) is 23.9 Å². The van der Waals surface area contributed by atoms with Crippen molar-refractivity contribution in [3.8, 4) is 11.4 Å². The number of halogens is 1. The number of pyridine rings is 1. The molecule has 128 valence electrons. The Hall–Kier alpha value is -2.74. The fourth-order valence-corrected chi connectivity index (χ4v) is 3.00. The Balaban J connectivity index is 1.73. The predicted octanol–water partition coefficient (Wildman–Crippen LogP) is 3.14. The van der Waals surface area contributed by atoms with Gasteiger partial charge in [-0.25, -0.2) is 4.39 Å². The van der Waals surface area contributed by atoms with E-state index in [1.165, 1.54) is 17.8 Å². The topological polar surface area (TPSA) is 72.7 Å². The van der Waals surface area contributed by atoms with Gasteiger partial charge in [0.25, 0.3) is 0 Å². The lowest BCUT2D eigenvalue weighted by atomic mass is 10.2. The second kappa shape index (κ2) is 7.43. The Labute approximate surface area is 148 Å². The van der Waals surface area contributed by atoms with Crippen molar-refractivity contribution in [1.29, 1.82) is 0 Å². The summed E-state index contributed by atoms with van der Waals surface area (Å²) in [5.74, 6) is -0.120. The minimum atomic E-state index is -0.406. The van der Waals surface area contributed by atoms with Crippen molar-refractivity contribution in [2.24, 2.45) is 7.05 Å². The van der Waals surface area contributed by atoms with Gasteiger partial charge in [0, 0.05) is 13.2 Å². The van der Waals surface area contributed by atoms with Gasteiger partial charge in [0.15, 0.2) is 11.0 Å². The van der Waals surface area contributed by atoms with E-state index >= 15 is 0 Å². The van der Waals surface area contributed by atoms with Gasteiger partial charge < -0.3 is 9.88 Å². The van der Waals surface area contributed by atoms with Gasteiger partial charge in [-0.05, 0) is 31.2 Å². The molecule has 1 atom stereocenters. The standard InChI is InChI=1S/C17H16FN5OS/c1-11(16(24)20-12-6-5-9-19-10-12)25-17-22-21-15(23(17)2)13-7-3-4-8-14(13)18/h3-11H,1-2H3,(H,20,24). The molecule has 8 heteroatoms. The maximum Gasteiger partial charge on any atom is 0.237 e. The first-order valence-electron chi connectivity index (χ1n) is 7.58. The SMILES string of the molecule is CC(Sc1nnc(-c2ccccc2F)n1C)C(=O)Nc1cccnc1. The minimum Gasteiger partial charge on any atom is -0.324 e. The number of nitrogens with one attached hydrogen (secondary N) is 1. The molecular weight excluding hydrogens is 341 g/mol. The van der Waals surface area contributed by atoms with Crippen LogP contribution in [0.3, 0.4) is 0 Å². The monoisotopic (exact) mass is 357 g/mol. The van der Waals surface area contributed by atoms with E-state index in [0.717, 1.165) is 0 Å². The van der Waals surface area contributed by atoms with Crippen LogP contribution in [0, 0.1) is 5.82 Å². The molecule has 1 amide bonds. The van der Waals surface area contributed by atoms with Crippen LogP contribution in [0.4, 0.5) is 10.1 Å². The van der Waals surface area contributed by atoms with Crippen molar-refractivity contribution in [2.45, 2.75) is 17.3 Å². The summed E-state index contributed by atoms with van der Waals surface area (Å²) < 4.78 is 15.6. The second-order valence-corrected chi connectivity index (χ2v) is 6.64. The van der Waals surface area contributed by atoms with Crippen LogP contribution in [0.2, 0.25) is 0 Å². The summed E-state index contributed by atoms with van der Waals surface area (Å²) in [6.07, 6.45) is 3.21. The number of nitrogens with zero attached hydrogens (tertiary/aromatic N) is 4. The molecule has 1 aromatic carbocycles. The lowest BCUT2D eigenvalue weighted by Gasteiger charge is -2.11. The van der Waals surface area contributed by atoms with Crippen molar-refractivity contribution in [3.63, 3.8) is 0 Å². The van der Waals surface area contributed by atoms with Gasteiger partial charge in [0.1, 0.15) is 5.82 Å². The maximum absolute atomic E-state index is 13.9. The summed E-state index contributed by atoms with van der Waals surface area (Å²) in [7, 11) is 1.75. The van der Waals surface area contributed by atoms with E-state index in [-0.39, 0.29) is 11.7 Å². The fraction of sp³-hybridized carbons (Fsp3) is 0.176. The molecule has 0 saturated heterocycles. The van der Waals surface area contributed by atoms with Gasteiger partial charge in [0.2, 0.25) is 5.91 Å².